The van der Waals surface area contributed by atoms with Crippen molar-refractivity contribution in [2.45, 2.75) is 26.2 Å². The minimum atomic E-state index is 0.635. The summed E-state index contributed by atoms with van der Waals surface area (Å²) in [6, 6.07) is 5.75. The van der Waals surface area contributed by atoms with Gasteiger partial charge in [-0.1, -0.05) is 0 Å². The van der Waals surface area contributed by atoms with Crippen molar-refractivity contribution < 1.29 is 9.47 Å². The topological polar surface area (TPSA) is 73.6 Å². The van der Waals surface area contributed by atoms with Gasteiger partial charge in [0.25, 0.3) is 5.78 Å². The SMILES string of the molecule is COc1ccc(Nc2c3c(nc4nc(C)nn24)CCC3)cc1OC. The van der Waals surface area contributed by atoms with Crippen molar-refractivity contribution in [2.75, 3.05) is 19.5 Å². The summed E-state index contributed by atoms with van der Waals surface area (Å²) in [5.41, 5.74) is 3.22. The van der Waals surface area contributed by atoms with E-state index < -0.39 is 0 Å². The van der Waals surface area contributed by atoms with Gasteiger partial charge < -0.3 is 14.8 Å². The molecule has 7 nitrogen and oxygen atoms in total. The molecule has 0 amide bonds. The Bertz CT molecular complexity index is 919. The summed E-state index contributed by atoms with van der Waals surface area (Å²) in [6.45, 7) is 1.87. The van der Waals surface area contributed by atoms with E-state index in [4.69, 9.17) is 9.47 Å². The van der Waals surface area contributed by atoms with E-state index in [1.165, 1.54) is 5.56 Å². The van der Waals surface area contributed by atoms with Crippen molar-refractivity contribution in [3.05, 3.63) is 35.3 Å². The minimum absolute atomic E-state index is 0.635. The van der Waals surface area contributed by atoms with Crippen LogP contribution in [-0.4, -0.2) is 33.8 Å². The molecule has 0 atom stereocenters. The van der Waals surface area contributed by atoms with Gasteiger partial charge in [-0.25, -0.2) is 4.98 Å². The van der Waals surface area contributed by atoms with Crippen LogP contribution >= 0.6 is 0 Å². The van der Waals surface area contributed by atoms with E-state index in [9.17, 15) is 0 Å². The lowest BCUT2D eigenvalue weighted by atomic mass is 10.2. The average Bonchev–Trinajstić information content (AvgIpc) is 3.20. The van der Waals surface area contributed by atoms with Crippen molar-refractivity contribution in [3.63, 3.8) is 0 Å². The Balaban J connectivity index is 1.82. The second-order valence-electron chi connectivity index (χ2n) is 5.80. The highest BCUT2D eigenvalue weighted by molar-refractivity contribution is 5.66. The molecule has 1 N–H and O–H groups in total. The molecule has 3 aromatic rings. The smallest absolute Gasteiger partial charge is 0.254 e. The lowest BCUT2D eigenvalue weighted by Crippen LogP contribution is -2.07. The molecule has 0 bridgehead atoms. The van der Waals surface area contributed by atoms with Gasteiger partial charge in [0.05, 0.1) is 19.9 Å². The van der Waals surface area contributed by atoms with Crippen molar-refractivity contribution in [3.8, 4) is 11.5 Å². The first kappa shape index (κ1) is 14.7. The number of ether oxygens (including phenoxy) is 2. The van der Waals surface area contributed by atoms with Crippen LogP contribution < -0.4 is 14.8 Å². The number of rotatable bonds is 4. The Hall–Kier alpha value is -2.83. The largest absolute Gasteiger partial charge is 0.493 e. The lowest BCUT2D eigenvalue weighted by Gasteiger charge is -2.14. The predicted octanol–water partition coefficient (Wildman–Crippen LogP) is 2.68. The molecule has 124 valence electrons. The van der Waals surface area contributed by atoms with Gasteiger partial charge in [0.2, 0.25) is 0 Å². The molecule has 0 fully saturated rings. The number of anilines is 2. The number of benzene rings is 1. The van der Waals surface area contributed by atoms with Crippen LogP contribution in [0, 0.1) is 6.92 Å². The van der Waals surface area contributed by atoms with Crippen molar-refractivity contribution in [2.24, 2.45) is 0 Å². The zero-order valence-corrected chi connectivity index (χ0v) is 14.0. The summed E-state index contributed by atoms with van der Waals surface area (Å²) in [5, 5.41) is 7.96. The predicted molar refractivity (Wildman–Crippen MR) is 90.4 cm³/mol. The summed E-state index contributed by atoms with van der Waals surface area (Å²) in [4.78, 5) is 9.05. The number of nitrogens with one attached hydrogen (secondary N) is 1. The zero-order chi connectivity index (χ0) is 16.7. The van der Waals surface area contributed by atoms with E-state index in [1.807, 2.05) is 25.1 Å². The van der Waals surface area contributed by atoms with Gasteiger partial charge in [-0.05, 0) is 38.3 Å². The maximum Gasteiger partial charge on any atom is 0.254 e. The van der Waals surface area contributed by atoms with Gasteiger partial charge in [-0.2, -0.15) is 9.50 Å². The van der Waals surface area contributed by atoms with Crippen LogP contribution in [0.4, 0.5) is 11.5 Å². The first-order chi connectivity index (χ1) is 11.7. The van der Waals surface area contributed by atoms with E-state index in [1.54, 1.807) is 18.7 Å². The fourth-order valence-corrected chi connectivity index (χ4v) is 3.16. The fraction of sp³-hybridized carbons (Fsp3) is 0.353. The highest BCUT2D eigenvalue weighted by Crippen LogP contribution is 2.34. The molecule has 0 radical (unpaired) electrons. The third-order valence-corrected chi connectivity index (χ3v) is 4.26. The summed E-state index contributed by atoms with van der Waals surface area (Å²) in [7, 11) is 3.26. The first-order valence-corrected chi connectivity index (χ1v) is 7.94. The highest BCUT2D eigenvalue weighted by Gasteiger charge is 2.22. The molecular formula is C17H19N5O2. The maximum absolute atomic E-state index is 5.39. The normalized spacial score (nSPS) is 13.1. The third-order valence-electron chi connectivity index (χ3n) is 4.26. The molecule has 1 aromatic carbocycles. The minimum Gasteiger partial charge on any atom is -0.493 e. The molecule has 0 unspecified atom stereocenters. The average molecular weight is 325 g/mol. The summed E-state index contributed by atoms with van der Waals surface area (Å²) in [6.07, 6.45) is 3.08. The molecule has 1 aliphatic carbocycles. The van der Waals surface area contributed by atoms with Crippen LogP contribution in [0.25, 0.3) is 5.78 Å². The van der Waals surface area contributed by atoms with Crippen molar-refractivity contribution in [1.82, 2.24) is 19.6 Å². The lowest BCUT2D eigenvalue weighted by molar-refractivity contribution is 0.355. The second kappa shape index (κ2) is 5.67. The maximum atomic E-state index is 5.39. The van der Waals surface area contributed by atoms with E-state index in [-0.39, 0.29) is 0 Å². The number of nitrogens with zero attached hydrogens (tertiary/aromatic N) is 4. The van der Waals surface area contributed by atoms with E-state index in [0.717, 1.165) is 36.5 Å². The van der Waals surface area contributed by atoms with Gasteiger partial charge in [0.1, 0.15) is 11.6 Å². The second-order valence-corrected chi connectivity index (χ2v) is 5.80. The Morgan fingerprint density at radius 1 is 1.08 bits per heavy atom. The van der Waals surface area contributed by atoms with E-state index >= 15 is 0 Å². The molecule has 4 rings (SSSR count). The molecule has 0 spiro atoms. The quantitative estimate of drug-likeness (QED) is 0.795. The Labute approximate surface area is 139 Å². The molecule has 2 heterocycles. The van der Waals surface area contributed by atoms with Crippen LogP contribution in [0.15, 0.2) is 18.2 Å². The monoisotopic (exact) mass is 325 g/mol. The molecule has 1 aliphatic rings. The zero-order valence-electron chi connectivity index (χ0n) is 14.0. The van der Waals surface area contributed by atoms with E-state index in [0.29, 0.717) is 23.1 Å². The molecule has 0 aliphatic heterocycles. The van der Waals surface area contributed by atoms with Crippen LogP contribution in [0.3, 0.4) is 0 Å². The van der Waals surface area contributed by atoms with Gasteiger partial charge in [0, 0.05) is 17.3 Å². The van der Waals surface area contributed by atoms with Gasteiger partial charge in [0.15, 0.2) is 11.5 Å². The number of methoxy groups -OCH3 is 2. The Kier molecular flexibility index (Phi) is 3.48. The number of aryl methyl sites for hydroxylation is 2. The Morgan fingerprint density at radius 3 is 2.71 bits per heavy atom. The molecule has 2 aromatic heterocycles. The molecule has 7 heteroatoms. The van der Waals surface area contributed by atoms with Crippen LogP contribution in [0.1, 0.15) is 23.5 Å². The summed E-state index contributed by atoms with van der Waals surface area (Å²) in [5.74, 6) is 3.65. The standard InChI is InChI=1S/C17H19N5O2/c1-10-18-17-20-13-6-4-5-12(13)16(22(17)21-10)19-11-7-8-14(23-2)15(9-11)24-3/h7-9,19H,4-6H2,1-3H3. The number of aromatic nitrogens is 4. The molecule has 0 saturated carbocycles. The van der Waals surface area contributed by atoms with Crippen LogP contribution in [0.2, 0.25) is 0 Å². The van der Waals surface area contributed by atoms with Crippen LogP contribution in [-0.2, 0) is 12.8 Å². The van der Waals surface area contributed by atoms with E-state index in [2.05, 4.69) is 20.4 Å². The number of hydrogen-bond acceptors (Lipinski definition) is 6. The number of hydrogen-bond donors (Lipinski definition) is 1. The van der Waals surface area contributed by atoms with Gasteiger partial charge >= 0.3 is 0 Å². The third kappa shape index (κ3) is 2.33. The molecule has 24 heavy (non-hydrogen) atoms. The van der Waals surface area contributed by atoms with Crippen LogP contribution in [0.5, 0.6) is 11.5 Å². The summed E-state index contributed by atoms with van der Waals surface area (Å²) >= 11 is 0. The van der Waals surface area contributed by atoms with Crippen molar-refractivity contribution >= 4 is 17.3 Å². The Morgan fingerprint density at radius 2 is 1.92 bits per heavy atom. The molecular weight excluding hydrogens is 306 g/mol. The van der Waals surface area contributed by atoms with Crippen molar-refractivity contribution in [1.29, 1.82) is 0 Å². The summed E-state index contributed by atoms with van der Waals surface area (Å²) < 4.78 is 12.5. The fourth-order valence-electron chi connectivity index (χ4n) is 3.16. The van der Waals surface area contributed by atoms with Gasteiger partial charge in [-0.15, -0.1) is 5.10 Å². The first-order valence-electron chi connectivity index (χ1n) is 7.94. The van der Waals surface area contributed by atoms with Gasteiger partial charge in [-0.3, -0.25) is 0 Å². The number of fused-ring (bicyclic) bond motifs is 2. The highest BCUT2D eigenvalue weighted by atomic mass is 16.5. The molecule has 0 saturated heterocycles.